The van der Waals surface area contributed by atoms with Crippen LogP contribution in [0.1, 0.15) is 86.1 Å². The lowest BCUT2D eigenvalue weighted by Crippen LogP contribution is -2.41. The number of ether oxygens (including phenoxy) is 1. The average Bonchev–Trinajstić information content (AvgIpc) is 3.36. The van der Waals surface area contributed by atoms with Gasteiger partial charge in [-0.25, -0.2) is 9.78 Å². The van der Waals surface area contributed by atoms with E-state index in [4.69, 9.17) is 4.74 Å². The maximum Gasteiger partial charge on any atom is 0.357 e. The van der Waals surface area contributed by atoms with E-state index in [9.17, 15) is 9.59 Å². The molecule has 144 valence electrons. The van der Waals surface area contributed by atoms with Gasteiger partial charge in [0.25, 0.3) is 0 Å². The number of thiazole rings is 1. The minimum atomic E-state index is -0.413. The van der Waals surface area contributed by atoms with Crippen LogP contribution in [-0.2, 0) is 16.1 Å². The molecule has 0 bridgehead atoms. The molecule has 0 atom stereocenters. The number of carbonyl (C=O) groups excluding carboxylic acids is 2. The summed E-state index contributed by atoms with van der Waals surface area (Å²) in [6.07, 6.45) is 12.7. The van der Waals surface area contributed by atoms with E-state index < -0.39 is 5.97 Å². The topological polar surface area (TPSA) is 59.5 Å². The quantitative estimate of drug-likeness (QED) is 0.653. The van der Waals surface area contributed by atoms with E-state index in [1.807, 2.05) is 4.90 Å². The Morgan fingerprint density at radius 1 is 1.15 bits per heavy atom. The first kappa shape index (κ1) is 19.3. The van der Waals surface area contributed by atoms with Crippen LogP contribution in [0.2, 0.25) is 0 Å². The molecule has 2 aliphatic rings. The number of esters is 1. The van der Waals surface area contributed by atoms with Gasteiger partial charge < -0.3 is 9.64 Å². The molecule has 0 radical (unpaired) electrons. The fourth-order valence-corrected chi connectivity index (χ4v) is 5.07. The molecule has 0 unspecified atom stereocenters. The van der Waals surface area contributed by atoms with E-state index in [0.717, 1.165) is 30.2 Å². The van der Waals surface area contributed by atoms with E-state index in [1.54, 1.807) is 5.38 Å². The Morgan fingerprint density at radius 2 is 1.85 bits per heavy atom. The predicted octanol–water partition coefficient (Wildman–Crippen LogP) is 4.56. The van der Waals surface area contributed by atoms with Crippen molar-refractivity contribution in [2.45, 2.75) is 83.2 Å². The molecule has 0 saturated heterocycles. The highest BCUT2D eigenvalue weighted by Crippen LogP contribution is 2.30. The number of carbonyl (C=O) groups is 2. The van der Waals surface area contributed by atoms with Crippen molar-refractivity contribution in [1.29, 1.82) is 0 Å². The number of hydrogen-bond acceptors (Lipinski definition) is 5. The lowest BCUT2D eigenvalue weighted by atomic mass is 9.93. The van der Waals surface area contributed by atoms with Crippen molar-refractivity contribution in [3.8, 4) is 0 Å². The SMILES string of the molecule is COC(=O)c1csc(CN(C(=O)CCC2CCCC2)C2CCCCC2)n1. The Bertz CT molecular complexity index is 604. The lowest BCUT2D eigenvalue weighted by molar-refractivity contribution is -0.135. The second-order valence-electron chi connectivity index (χ2n) is 7.62. The molecule has 0 spiro atoms. The number of rotatable bonds is 7. The second kappa shape index (κ2) is 9.49. The van der Waals surface area contributed by atoms with Crippen LogP contribution in [0.5, 0.6) is 0 Å². The second-order valence-corrected chi connectivity index (χ2v) is 8.56. The minimum absolute atomic E-state index is 0.263. The smallest absolute Gasteiger partial charge is 0.357 e. The highest BCUT2D eigenvalue weighted by atomic mass is 32.1. The van der Waals surface area contributed by atoms with Gasteiger partial charge in [0.05, 0.1) is 13.7 Å². The normalized spacial score (nSPS) is 18.8. The Hall–Kier alpha value is -1.43. The highest BCUT2D eigenvalue weighted by Gasteiger charge is 2.27. The minimum Gasteiger partial charge on any atom is -0.464 e. The molecule has 0 N–H and O–H groups in total. The monoisotopic (exact) mass is 378 g/mol. The molecule has 6 heteroatoms. The lowest BCUT2D eigenvalue weighted by Gasteiger charge is -2.34. The molecule has 2 saturated carbocycles. The Labute approximate surface area is 160 Å². The first-order chi connectivity index (χ1) is 12.7. The summed E-state index contributed by atoms with van der Waals surface area (Å²) in [5.41, 5.74) is 0.342. The van der Waals surface area contributed by atoms with E-state index in [1.165, 1.54) is 63.4 Å². The van der Waals surface area contributed by atoms with Crippen LogP contribution in [0.25, 0.3) is 0 Å². The van der Waals surface area contributed by atoms with Crippen LogP contribution in [0.15, 0.2) is 5.38 Å². The summed E-state index contributed by atoms with van der Waals surface area (Å²) in [5.74, 6) is 0.584. The zero-order chi connectivity index (χ0) is 18.4. The molecule has 1 aromatic rings. The molecule has 0 aromatic carbocycles. The summed E-state index contributed by atoms with van der Waals surface area (Å²) in [6, 6.07) is 0.324. The average molecular weight is 379 g/mol. The predicted molar refractivity (Wildman–Crippen MR) is 102 cm³/mol. The van der Waals surface area contributed by atoms with Crippen molar-refractivity contribution in [2.24, 2.45) is 5.92 Å². The van der Waals surface area contributed by atoms with Crippen LogP contribution in [0, 0.1) is 5.92 Å². The van der Waals surface area contributed by atoms with E-state index >= 15 is 0 Å². The van der Waals surface area contributed by atoms with Crippen molar-refractivity contribution in [3.63, 3.8) is 0 Å². The Morgan fingerprint density at radius 3 is 2.54 bits per heavy atom. The molecular formula is C20H30N2O3S. The first-order valence-corrected chi connectivity index (χ1v) is 10.9. The maximum atomic E-state index is 13.0. The van der Waals surface area contributed by atoms with Gasteiger partial charge in [-0.2, -0.15) is 0 Å². The molecule has 1 amide bonds. The van der Waals surface area contributed by atoms with Gasteiger partial charge in [-0.15, -0.1) is 11.3 Å². The molecule has 2 aliphatic carbocycles. The third-order valence-electron chi connectivity index (χ3n) is 5.83. The standard InChI is InChI=1S/C20H30N2O3S/c1-25-20(24)17-14-26-18(21-17)13-22(16-9-3-2-4-10-16)19(23)12-11-15-7-5-6-8-15/h14-16H,2-13H2,1H3. The number of hydrogen-bond donors (Lipinski definition) is 0. The fraction of sp³-hybridized carbons (Fsp3) is 0.750. The van der Waals surface area contributed by atoms with Gasteiger partial charge in [0.15, 0.2) is 5.69 Å². The van der Waals surface area contributed by atoms with Gasteiger partial charge >= 0.3 is 5.97 Å². The van der Waals surface area contributed by atoms with Crippen LogP contribution in [0.4, 0.5) is 0 Å². The van der Waals surface area contributed by atoms with Crippen molar-refractivity contribution < 1.29 is 14.3 Å². The summed E-state index contributed by atoms with van der Waals surface area (Å²) < 4.78 is 4.74. The summed E-state index contributed by atoms with van der Waals surface area (Å²) >= 11 is 1.44. The van der Waals surface area contributed by atoms with Crippen LogP contribution < -0.4 is 0 Å². The molecule has 1 heterocycles. The van der Waals surface area contributed by atoms with Crippen molar-refractivity contribution in [3.05, 3.63) is 16.1 Å². The third-order valence-corrected chi connectivity index (χ3v) is 6.66. The Kier molecular flexibility index (Phi) is 7.06. The van der Waals surface area contributed by atoms with Crippen LogP contribution in [0.3, 0.4) is 0 Å². The van der Waals surface area contributed by atoms with Gasteiger partial charge in [0, 0.05) is 17.8 Å². The van der Waals surface area contributed by atoms with E-state index in [2.05, 4.69) is 4.98 Å². The first-order valence-electron chi connectivity index (χ1n) is 9.99. The zero-order valence-corrected chi connectivity index (χ0v) is 16.6. The largest absolute Gasteiger partial charge is 0.464 e. The molecule has 2 fully saturated rings. The summed E-state index contributed by atoms with van der Waals surface area (Å²) in [5, 5.41) is 2.55. The van der Waals surface area contributed by atoms with Crippen LogP contribution in [-0.4, -0.2) is 34.9 Å². The number of aromatic nitrogens is 1. The van der Waals surface area contributed by atoms with Gasteiger partial charge in [-0.1, -0.05) is 44.9 Å². The van der Waals surface area contributed by atoms with Crippen molar-refractivity contribution in [2.75, 3.05) is 7.11 Å². The highest BCUT2D eigenvalue weighted by molar-refractivity contribution is 7.09. The van der Waals surface area contributed by atoms with Gasteiger partial charge in [0.1, 0.15) is 5.01 Å². The molecule has 0 aliphatic heterocycles. The zero-order valence-electron chi connectivity index (χ0n) is 15.7. The summed E-state index contributed by atoms with van der Waals surface area (Å²) in [4.78, 5) is 31.1. The van der Waals surface area contributed by atoms with Gasteiger partial charge in [-0.3, -0.25) is 4.79 Å². The summed E-state index contributed by atoms with van der Waals surface area (Å²) in [6.45, 7) is 0.524. The van der Waals surface area contributed by atoms with E-state index in [-0.39, 0.29) is 5.91 Å². The molecule has 1 aromatic heterocycles. The Balaban J connectivity index is 1.64. The number of nitrogens with zero attached hydrogens (tertiary/aromatic N) is 2. The van der Waals surface area contributed by atoms with Gasteiger partial charge in [-0.05, 0) is 25.2 Å². The van der Waals surface area contributed by atoms with Crippen LogP contribution >= 0.6 is 11.3 Å². The fourth-order valence-electron chi connectivity index (χ4n) is 4.31. The van der Waals surface area contributed by atoms with Crippen molar-refractivity contribution >= 4 is 23.2 Å². The van der Waals surface area contributed by atoms with Gasteiger partial charge in [0.2, 0.25) is 5.91 Å². The van der Waals surface area contributed by atoms with Crippen molar-refractivity contribution in [1.82, 2.24) is 9.88 Å². The molecule has 3 rings (SSSR count). The molecular weight excluding hydrogens is 348 g/mol. The summed E-state index contributed by atoms with van der Waals surface area (Å²) in [7, 11) is 1.36. The molecule has 26 heavy (non-hydrogen) atoms. The van der Waals surface area contributed by atoms with E-state index in [0.29, 0.717) is 24.7 Å². The maximum absolute atomic E-state index is 13.0. The third kappa shape index (κ3) is 5.06. The molecule has 5 nitrogen and oxygen atoms in total. The number of amides is 1. The number of methoxy groups -OCH3 is 1.